The molecule has 4 heteroatoms. The maximum atomic E-state index is 9.94. The van der Waals surface area contributed by atoms with Crippen LogP contribution in [0, 0.1) is 0 Å². The molecule has 0 saturated carbocycles. The number of hydrogen-bond acceptors (Lipinski definition) is 3. The molecule has 0 atom stereocenters. The second-order valence-electron chi connectivity index (χ2n) is 1.26. The summed E-state index contributed by atoms with van der Waals surface area (Å²) in [5, 5.41) is 16.3. The molecule has 0 aromatic heterocycles. The summed E-state index contributed by atoms with van der Waals surface area (Å²) in [6.45, 7) is 2.98. The lowest BCUT2D eigenvalue weighted by atomic mass is 10.3. The molecule has 0 aromatic carbocycles. The van der Waals surface area contributed by atoms with Gasteiger partial charge in [-0.25, -0.2) is 0 Å². The smallest absolute Gasteiger partial charge is 0.249 e. The Balaban J connectivity index is 3.84. The standard InChI is InChI=1S/C4H7NO3/c1-2(3(5)6)4(7)8/h4,7-8H,1H2,(H2,5,6). The second kappa shape index (κ2) is 2.44. The van der Waals surface area contributed by atoms with Gasteiger partial charge < -0.3 is 15.9 Å². The molecule has 0 unspecified atom stereocenters. The minimum atomic E-state index is -1.83. The van der Waals surface area contributed by atoms with Crippen LogP contribution in [0.15, 0.2) is 12.2 Å². The molecule has 1 amide bonds. The van der Waals surface area contributed by atoms with Gasteiger partial charge in [-0.3, -0.25) is 4.79 Å². The average Bonchev–Trinajstić information content (AvgIpc) is 1.64. The average molecular weight is 117 g/mol. The Kier molecular flexibility index (Phi) is 2.18. The Morgan fingerprint density at radius 1 is 1.62 bits per heavy atom. The van der Waals surface area contributed by atoms with Crippen LogP contribution >= 0.6 is 0 Å². The molecule has 4 N–H and O–H groups in total. The lowest BCUT2D eigenvalue weighted by Crippen LogP contribution is -2.22. The van der Waals surface area contributed by atoms with Crippen molar-refractivity contribution in [2.75, 3.05) is 0 Å². The van der Waals surface area contributed by atoms with Gasteiger partial charge >= 0.3 is 0 Å². The summed E-state index contributed by atoms with van der Waals surface area (Å²) in [5.74, 6) is -0.903. The lowest BCUT2D eigenvalue weighted by Gasteiger charge is -1.99. The first-order chi connectivity index (χ1) is 3.55. The van der Waals surface area contributed by atoms with E-state index in [0.717, 1.165) is 0 Å². The van der Waals surface area contributed by atoms with Gasteiger partial charge in [-0.1, -0.05) is 6.58 Å². The van der Waals surface area contributed by atoms with Gasteiger partial charge in [0.15, 0.2) is 6.29 Å². The third-order valence-corrected chi connectivity index (χ3v) is 0.628. The van der Waals surface area contributed by atoms with Crippen molar-refractivity contribution in [3.05, 3.63) is 12.2 Å². The molecule has 0 fully saturated rings. The Labute approximate surface area is 46.2 Å². The fourth-order valence-electron chi connectivity index (χ4n) is 0.127. The van der Waals surface area contributed by atoms with E-state index in [2.05, 4.69) is 12.3 Å². The first kappa shape index (κ1) is 7.13. The molecule has 0 spiro atoms. The van der Waals surface area contributed by atoms with E-state index in [4.69, 9.17) is 10.2 Å². The number of aliphatic hydroxyl groups is 2. The van der Waals surface area contributed by atoms with Crippen LogP contribution in [-0.2, 0) is 4.79 Å². The number of carbonyl (C=O) groups is 1. The second-order valence-corrected chi connectivity index (χ2v) is 1.26. The van der Waals surface area contributed by atoms with Crippen molar-refractivity contribution in [2.45, 2.75) is 6.29 Å². The van der Waals surface area contributed by atoms with Crippen LogP contribution in [-0.4, -0.2) is 22.4 Å². The SMILES string of the molecule is C=C(C(N)=O)C(O)O. The monoisotopic (exact) mass is 117 g/mol. The molecule has 0 aromatic rings. The summed E-state index contributed by atoms with van der Waals surface area (Å²) in [6.07, 6.45) is -1.83. The summed E-state index contributed by atoms with van der Waals surface area (Å²) in [4.78, 5) is 9.94. The maximum Gasteiger partial charge on any atom is 0.249 e. The number of primary amides is 1. The summed E-state index contributed by atoms with van der Waals surface area (Å²) in [6, 6.07) is 0. The summed E-state index contributed by atoms with van der Waals surface area (Å²) >= 11 is 0. The Bertz CT molecular complexity index is 118. The molecule has 0 radical (unpaired) electrons. The third kappa shape index (κ3) is 1.72. The molecule has 0 aliphatic heterocycles. The predicted octanol–water partition coefficient (Wildman–Crippen LogP) is -1.66. The fraction of sp³-hybridized carbons (Fsp3) is 0.250. The molecule has 0 rings (SSSR count). The summed E-state index contributed by atoms with van der Waals surface area (Å²) < 4.78 is 0. The van der Waals surface area contributed by atoms with Crippen molar-refractivity contribution in [3.63, 3.8) is 0 Å². The topological polar surface area (TPSA) is 83.6 Å². The Morgan fingerprint density at radius 2 is 2.00 bits per heavy atom. The number of nitrogens with two attached hydrogens (primary N) is 1. The number of hydrogen-bond donors (Lipinski definition) is 3. The number of amides is 1. The van der Waals surface area contributed by atoms with E-state index in [9.17, 15) is 4.79 Å². The van der Waals surface area contributed by atoms with Crippen LogP contribution in [0.3, 0.4) is 0 Å². The van der Waals surface area contributed by atoms with Crippen molar-refractivity contribution in [2.24, 2.45) is 5.73 Å². The van der Waals surface area contributed by atoms with E-state index in [1.807, 2.05) is 0 Å². The molecule has 0 aliphatic rings. The van der Waals surface area contributed by atoms with Crippen LogP contribution in [0.2, 0.25) is 0 Å². The van der Waals surface area contributed by atoms with E-state index < -0.39 is 17.8 Å². The third-order valence-electron chi connectivity index (χ3n) is 0.628. The van der Waals surface area contributed by atoms with Gasteiger partial charge in [0.05, 0.1) is 5.57 Å². The van der Waals surface area contributed by atoms with Crippen molar-refractivity contribution < 1.29 is 15.0 Å². The zero-order chi connectivity index (χ0) is 6.73. The number of carbonyl (C=O) groups excluding carboxylic acids is 1. The van der Waals surface area contributed by atoms with E-state index >= 15 is 0 Å². The highest BCUT2D eigenvalue weighted by Gasteiger charge is 2.07. The highest BCUT2D eigenvalue weighted by atomic mass is 16.5. The van der Waals surface area contributed by atoms with Crippen molar-refractivity contribution >= 4 is 5.91 Å². The highest BCUT2D eigenvalue weighted by molar-refractivity contribution is 5.91. The molecule has 0 heterocycles. The quantitative estimate of drug-likeness (QED) is 0.299. The summed E-state index contributed by atoms with van der Waals surface area (Å²) in [7, 11) is 0. The van der Waals surface area contributed by atoms with Gasteiger partial charge in [-0.2, -0.15) is 0 Å². The van der Waals surface area contributed by atoms with E-state index in [1.54, 1.807) is 0 Å². The van der Waals surface area contributed by atoms with Gasteiger partial charge in [0.25, 0.3) is 0 Å². The minimum Gasteiger partial charge on any atom is -0.366 e. The lowest BCUT2D eigenvalue weighted by molar-refractivity contribution is -0.118. The normalized spacial score (nSPS) is 9.38. The van der Waals surface area contributed by atoms with Gasteiger partial charge in [-0.05, 0) is 0 Å². The molecule has 4 nitrogen and oxygen atoms in total. The van der Waals surface area contributed by atoms with Gasteiger partial charge in [-0.15, -0.1) is 0 Å². The highest BCUT2D eigenvalue weighted by Crippen LogP contribution is 1.91. The molecular weight excluding hydrogens is 110 g/mol. The fourth-order valence-corrected chi connectivity index (χ4v) is 0.127. The van der Waals surface area contributed by atoms with Gasteiger partial charge in [0.2, 0.25) is 5.91 Å². The summed E-state index contributed by atoms with van der Waals surface area (Å²) in [5.41, 5.74) is 4.18. The van der Waals surface area contributed by atoms with E-state index in [-0.39, 0.29) is 0 Å². The molecule has 0 saturated heterocycles. The van der Waals surface area contributed by atoms with Crippen molar-refractivity contribution in [1.82, 2.24) is 0 Å². The van der Waals surface area contributed by atoms with Crippen LogP contribution in [0.25, 0.3) is 0 Å². The van der Waals surface area contributed by atoms with Crippen LogP contribution in [0.4, 0.5) is 0 Å². The van der Waals surface area contributed by atoms with Crippen LogP contribution < -0.4 is 5.73 Å². The first-order valence-electron chi connectivity index (χ1n) is 1.90. The molecule has 8 heavy (non-hydrogen) atoms. The van der Waals surface area contributed by atoms with Crippen LogP contribution in [0.5, 0.6) is 0 Å². The largest absolute Gasteiger partial charge is 0.366 e. The first-order valence-corrected chi connectivity index (χ1v) is 1.90. The van der Waals surface area contributed by atoms with Crippen molar-refractivity contribution in [3.8, 4) is 0 Å². The van der Waals surface area contributed by atoms with Gasteiger partial charge in [0, 0.05) is 0 Å². The van der Waals surface area contributed by atoms with Crippen molar-refractivity contribution in [1.29, 1.82) is 0 Å². The zero-order valence-corrected chi connectivity index (χ0v) is 4.16. The predicted molar refractivity (Wildman–Crippen MR) is 26.6 cm³/mol. The minimum absolute atomic E-state index is 0.398. The Hall–Kier alpha value is -0.870. The zero-order valence-electron chi connectivity index (χ0n) is 4.16. The molecule has 46 valence electrons. The molecule has 0 bridgehead atoms. The molecule has 0 aliphatic carbocycles. The Morgan fingerprint density at radius 3 is 2.00 bits per heavy atom. The maximum absolute atomic E-state index is 9.94. The van der Waals surface area contributed by atoms with Crippen LogP contribution in [0.1, 0.15) is 0 Å². The van der Waals surface area contributed by atoms with E-state index in [0.29, 0.717) is 0 Å². The van der Waals surface area contributed by atoms with E-state index in [1.165, 1.54) is 0 Å². The number of rotatable bonds is 2. The van der Waals surface area contributed by atoms with Gasteiger partial charge in [0.1, 0.15) is 0 Å². The molecular formula is C4H7NO3. The number of aliphatic hydroxyl groups excluding tert-OH is 1.